The van der Waals surface area contributed by atoms with E-state index in [1.165, 1.54) is 0 Å². The number of carbonyl (C=O) groups excluding carboxylic acids is 1. The predicted molar refractivity (Wildman–Crippen MR) is 102 cm³/mol. The van der Waals surface area contributed by atoms with E-state index in [2.05, 4.69) is 4.98 Å². The molecule has 0 aliphatic carbocycles. The lowest BCUT2D eigenvalue weighted by atomic mass is 10.2. The number of methoxy groups -OCH3 is 1. The number of pyridine rings is 1. The van der Waals surface area contributed by atoms with E-state index in [1.807, 2.05) is 55.5 Å². The fraction of sp³-hybridized carbons (Fsp3) is 0.238. The second-order valence-electron chi connectivity index (χ2n) is 6.15. The number of rotatable bonds is 6. The van der Waals surface area contributed by atoms with Crippen LogP contribution in [-0.4, -0.2) is 43.1 Å². The zero-order valence-corrected chi connectivity index (χ0v) is 15.2. The molecule has 2 aromatic carbocycles. The molecule has 3 aromatic rings. The van der Waals surface area contributed by atoms with E-state index in [1.54, 1.807) is 25.1 Å². The molecule has 0 atom stereocenters. The van der Waals surface area contributed by atoms with Crippen LogP contribution in [0.2, 0.25) is 0 Å². The molecule has 0 spiro atoms. The molecule has 1 amide bonds. The third-order valence-electron chi connectivity index (χ3n) is 4.15. The van der Waals surface area contributed by atoms with Gasteiger partial charge in [0.2, 0.25) is 0 Å². The van der Waals surface area contributed by atoms with Crippen molar-refractivity contribution in [2.24, 2.45) is 0 Å². The van der Waals surface area contributed by atoms with Crippen molar-refractivity contribution in [2.45, 2.75) is 6.92 Å². The van der Waals surface area contributed by atoms with Gasteiger partial charge < -0.3 is 14.4 Å². The van der Waals surface area contributed by atoms with Crippen LogP contribution in [0.5, 0.6) is 11.5 Å². The molecule has 26 heavy (non-hydrogen) atoms. The van der Waals surface area contributed by atoms with Gasteiger partial charge in [-0.25, -0.2) is 4.98 Å². The molecule has 0 aliphatic heterocycles. The Morgan fingerprint density at radius 2 is 1.92 bits per heavy atom. The van der Waals surface area contributed by atoms with Crippen LogP contribution in [0.1, 0.15) is 16.1 Å². The molecule has 3 rings (SSSR count). The minimum atomic E-state index is -0.129. The maximum Gasteiger partial charge on any atom is 0.272 e. The molecule has 0 saturated carbocycles. The maximum absolute atomic E-state index is 12.6. The molecular weight excluding hydrogens is 328 g/mol. The van der Waals surface area contributed by atoms with Crippen molar-refractivity contribution in [3.63, 3.8) is 0 Å². The van der Waals surface area contributed by atoms with Gasteiger partial charge in [0.15, 0.2) is 0 Å². The number of amides is 1. The lowest BCUT2D eigenvalue weighted by Gasteiger charge is -2.17. The minimum Gasteiger partial charge on any atom is -0.497 e. The third kappa shape index (κ3) is 4.11. The van der Waals surface area contributed by atoms with E-state index in [0.29, 0.717) is 18.8 Å². The number of likely N-dealkylation sites (N-methyl/N-ethyl adjacent to an activating group) is 1. The molecule has 1 heterocycles. The number of hydrogen-bond acceptors (Lipinski definition) is 4. The van der Waals surface area contributed by atoms with Crippen LogP contribution in [0.25, 0.3) is 10.9 Å². The zero-order chi connectivity index (χ0) is 18.5. The maximum atomic E-state index is 12.6. The fourth-order valence-corrected chi connectivity index (χ4v) is 2.65. The van der Waals surface area contributed by atoms with E-state index in [0.717, 1.165) is 28.0 Å². The van der Waals surface area contributed by atoms with Gasteiger partial charge in [0.1, 0.15) is 23.8 Å². The Bertz CT molecular complexity index is 924. The smallest absolute Gasteiger partial charge is 0.272 e. The second-order valence-corrected chi connectivity index (χ2v) is 6.15. The third-order valence-corrected chi connectivity index (χ3v) is 4.15. The van der Waals surface area contributed by atoms with Crippen LogP contribution < -0.4 is 9.47 Å². The van der Waals surface area contributed by atoms with Crippen LogP contribution in [0.4, 0.5) is 0 Å². The first-order valence-electron chi connectivity index (χ1n) is 8.46. The Morgan fingerprint density at radius 1 is 1.08 bits per heavy atom. The highest BCUT2D eigenvalue weighted by Gasteiger charge is 2.14. The average Bonchev–Trinajstić information content (AvgIpc) is 2.66. The molecule has 134 valence electrons. The molecule has 0 saturated heterocycles. The average molecular weight is 350 g/mol. The summed E-state index contributed by atoms with van der Waals surface area (Å²) >= 11 is 0. The molecule has 0 bridgehead atoms. The zero-order valence-electron chi connectivity index (χ0n) is 15.2. The van der Waals surface area contributed by atoms with Crippen molar-refractivity contribution in [1.29, 1.82) is 0 Å². The molecule has 0 radical (unpaired) electrons. The van der Waals surface area contributed by atoms with Crippen LogP contribution >= 0.6 is 0 Å². The summed E-state index contributed by atoms with van der Waals surface area (Å²) < 4.78 is 10.9. The van der Waals surface area contributed by atoms with Gasteiger partial charge in [-0.3, -0.25) is 4.79 Å². The normalized spacial score (nSPS) is 10.6. The standard InChI is InChI=1S/C21H22N2O3/c1-15-5-4-6-18(13-15)26-12-11-23(2)21(24)20-9-7-16-14-17(25-3)8-10-19(16)22-20/h4-10,13-14H,11-12H2,1-3H3. The first-order chi connectivity index (χ1) is 12.6. The summed E-state index contributed by atoms with van der Waals surface area (Å²) in [6, 6.07) is 17.1. The number of ether oxygens (including phenoxy) is 2. The number of fused-ring (bicyclic) bond motifs is 1. The van der Waals surface area contributed by atoms with Crippen molar-refractivity contribution < 1.29 is 14.3 Å². The van der Waals surface area contributed by atoms with Crippen LogP contribution in [0, 0.1) is 6.92 Å². The molecule has 5 nitrogen and oxygen atoms in total. The minimum absolute atomic E-state index is 0.129. The number of benzene rings is 2. The second kappa shape index (κ2) is 7.87. The first kappa shape index (κ1) is 17.7. The van der Waals surface area contributed by atoms with Crippen LogP contribution in [0.3, 0.4) is 0 Å². The summed E-state index contributed by atoms with van der Waals surface area (Å²) in [7, 11) is 3.38. The number of aryl methyl sites for hydroxylation is 1. The highest BCUT2D eigenvalue weighted by molar-refractivity contribution is 5.94. The van der Waals surface area contributed by atoms with Crippen molar-refractivity contribution >= 4 is 16.8 Å². The van der Waals surface area contributed by atoms with Crippen molar-refractivity contribution in [2.75, 3.05) is 27.3 Å². The lowest BCUT2D eigenvalue weighted by Crippen LogP contribution is -2.31. The Kier molecular flexibility index (Phi) is 5.37. The first-order valence-corrected chi connectivity index (χ1v) is 8.46. The Labute approximate surface area is 153 Å². The molecule has 0 unspecified atom stereocenters. The van der Waals surface area contributed by atoms with Crippen LogP contribution in [0.15, 0.2) is 54.6 Å². The largest absolute Gasteiger partial charge is 0.497 e. The van der Waals surface area contributed by atoms with E-state index in [9.17, 15) is 4.79 Å². The fourth-order valence-electron chi connectivity index (χ4n) is 2.65. The van der Waals surface area contributed by atoms with Gasteiger partial charge >= 0.3 is 0 Å². The Hall–Kier alpha value is -3.08. The molecule has 0 N–H and O–H groups in total. The lowest BCUT2D eigenvalue weighted by molar-refractivity contribution is 0.0768. The van der Waals surface area contributed by atoms with E-state index < -0.39 is 0 Å². The van der Waals surface area contributed by atoms with Gasteiger partial charge in [-0.2, -0.15) is 0 Å². The number of aromatic nitrogens is 1. The SMILES string of the molecule is COc1ccc2nc(C(=O)N(C)CCOc3cccc(C)c3)ccc2c1. The summed E-state index contributed by atoms with van der Waals surface area (Å²) in [6.07, 6.45) is 0. The molecule has 1 aromatic heterocycles. The van der Waals surface area contributed by atoms with Gasteiger partial charge in [0, 0.05) is 12.4 Å². The summed E-state index contributed by atoms with van der Waals surface area (Å²) in [5, 5.41) is 0.936. The number of hydrogen-bond donors (Lipinski definition) is 0. The topological polar surface area (TPSA) is 51.7 Å². The summed E-state index contributed by atoms with van der Waals surface area (Å²) in [6.45, 7) is 2.93. The number of nitrogens with zero attached hydrogens (tertiary/aromatic N) is 2. The number of carbonyl (C=O) groups is 1. The van der Waals surface area contributed by atoms with E-state index in [4.69, 9.17) is 9.47 Å². The van der Waals surface area contributed by atoms with Gasteiger partial charge in [-0.05, 0) is 48.9 Å². The molecular formula is C21H22N2O3. The predicted octanol–water partition coefficient (Wildman–Crippen LogP) is 3.70. The summed E-state index contributed by atoms with van der Waals surface area (Å²) in [5.41, 5.74) is 2.32. The summed E-state index contributed by atoms with van der Waals surface area (Å²) in [5.74, 6) is 1.45. The van der Waals surface area contributed by atoms with Gasteiger partial charge in [0.05, 0.1) is 19.2 Å². The Morgan fingerprint density at radius 3 is 2.69 bits per heavy atom. The van der Waals surface area contributed by atoms with Crippen molar-refractivity contribution in [1.82, 2.24) is 9.88 Å². The highest BCUT2D eigenvalue weighted by atomic mass is 16.5. The Balaban J connectivity index is 1.63. The molecule has 5 heteroatoms. The van der Waals surface area contributed by atoms with Gasteiger partial charge in [-0.15, -0.1) is 0 Å². The summed E-state index contributed by atoms with van der Waals surface area (Å²) in [4.78, 5) is 18.7. The monoisotopic (exact) mass is 350 g/mol. The highest BCUT2D eigenvalue weighted by Crippen LogP contribution is 2.20. The van der Waals surface area contributed by atoms with Crippen LogP contribution in [-0.2, 0) is 0 Å². The van der Waals surface area contributed by atoms with Gasteiger partial charge in [-0.1, -0.05) is 18.2 Å². The molecule has 0 aliphatic rings. The van der Waals surface area contributed by atoms with E-state index >= 15 is 0 Å². The van der Waals surface area contributed by atoms with Gasteiger partial charge in [0.25, 0.3) is 5.91 Å². The quantitative estimate of drug-likeness (QED) is 0.680. The molecule has 0 fully saturated rings. The van der Waals surface area contributed by atoms with Crippen molar-refractivity contribution in [3.8, 4) is 11.5 Å². The van der Waals surface area contributed by atoms with E-state index in [-0.39, 0.29) is 5.91 Å². The van der Waals surface area contributed by atoms with Crippen molar-refractivity contribution in [3.05, 3.63) is 65.9 Å².